The topological polar surface area (TPSA) is 105 Å². The van der Waals surface area contributed by atoms with Crippen molar-refractivity contribution in [3.63, 3.8) is 0 Å². The maximum Gasteiger partial charge on any atom is 0.261 e. The molecule has 208 valence electrons. The number of ether oxygens (including phenoxy) is 3. The molecular formula is C27H30ClFN4O6. The van der Waals surface area contributed by atoms with Crippen molar-refractivity contribution in [2.45, 2.75) is 18.6 Å². The summed E-state index contributed by atoms with van der Waals surface area (Å²) in [5.74, 6) is -1.36. The molecule has 0 unspecified atom stereocenters. The van der Waals surface area contributed by atoms with E-state index in [2.05, 4.69) is 6.58 Å². The molecular weight excluding hydrogens is 531 g/mol. The van der Waals surface area contributed by atoms with Gasteiger partial charge >= 0.3 is 0 Å². The van der Waals surface area contributed by atoms with Crippen LogP contribution in [0.4, 0.5) is 10.2 Å². The Bertz CT molecular complexity index is 1300. The quantitative estimate of drug-likeness (QED) is 0.557. The molecule has 39 heavy (non-hydrogen) atoms. The number of halogens is 2. The first-order valence-corrected chi connectivity index (χ1v) is 13.0. The second-order valence-corrected chi connectivity index (χ2v) is 10.4. The molecule has 2 aromatic rings. The van der Waals surface area contributed by atoms with E-state index in [1.807, 2.05) is 11.8 Å². The number of amides is 2. The lowest BCUT2D eigenvalue weighted by molar-refractivity contribution is -0.128. The van der Waals surface area contributed by atoms with Crippen LogP contribution < -0.4 is 9.64 Å². The first kappa shape index (κ1) is 27.2. The van der Waals surface area contributed by atoms with Crippen LogP contribution in [-0.4, -0.2) is 103 Å². The van der Waals surface area contributed by atoms with Gasteiger partial charge in [-0.25, -0.2) is 9.37 Å². The van der Waals surface area contributed by atoms with Crippen LogP contribution in [0.3, 0.4) is 0 Å². The number of methoxy groups -OCH3 is 1. The van der Waals surface area contributed by atoms with Crippen molar-refractivity contribution in [1.82, 2.24) is 14.8 Å². The lowest BCUT2D eigenvalue weighted by Gasteiger charge is -2.42. The number of hydrogen-bond acceptors (Lipinski definition) is 8. The molecule has 0 aliphatic carbocycles. The van der Waals surface area contributed by atoms with Crippen LogP contribution in [0.15, 0.2) is 30.9 Å². The van der Waals surface area contributed by atoms with Gasteiger partial charge in [0.15, 0.2) is 5.75 Å². The minimum absolute atomic E-state index is 0.0444. The number of nitrogens with zero attached hydrogens (tertiary/aromatic N) is 4. The van der Waals surface area contributed by atoms with Crippen molar-refractivity contribution in [2.24, 2.45) is 0 Å². The van der Waals surface area contributed by atoms with Crippen LogP contribution in [0.5, 0.6) is 11.5 Å². The zero-order chi connectivity index (χ0) is 27.9. The van der Waals surface area contributed by atoms with Gasteiger partial charge in [0.05, 0.1) is 31.4 Å². The van der Waals surface area contributed by atoms with Gasteiger partial charge in [-0.3, -0.25) is 9.59 Å². The molecule has 0 radical (unpaired) electrons. The van der Waals surface area contributed by atoms with Crippen molar-refractivity contribution >= 4 is 29.2 Å². The fraction of sp³-hybridized carbons (Fsp3) is 0.444. The second kappa shape index (κ2) is 10.6. The number of rotatable bonds is 5. The maximum absolute atomic E-state index is 15.0. The zero-order valence-electron chi connectivity index (χ0n) is 21.8. The average molecular weight is 561 g/mol. The molecule has 1 aromatic carbocycles. The monoisotopic (exact) mass is 560 g/mol. The number of pyridine rings is 1. The zero-order valence-corrected chi connectivity index (χ0v) is 22.5. The van der Waals surface area contributed by atoms with Crippen LogP contribution in [0.25, 0.3) is 11.3 Å². The maximum atomic E-state index is 15.0. The summed E-state index contributed by atoms with van der Waals surface area (Å²) in [5.41, 5.74) is -0.792. The Hall–Kier alpha value is -3.41. The van der Waals surface area contributed by atoms with Crippen LogP contribution in [-0.2, 0) is 14.3 Å². The number of carbonyl (C=O) groups excluding carboxylic acids is 2. The van der Waals surface area contributed by atoms with Crippen molar-refractivity contribution in [2.75, 3.05) is 64.6 Å². The molecule has 0 bridgehead atoms. The molecule has 1 N–H and O–H groups in total. The summed E-state index contributed by atoms with van der Waals surface area (Å²) >= 11 is 6.78. The SMILES string of the molecule is C=CC(=O)N1CCN2C(=O)c3c(N4CCO[C@@](C)(COC)C4)nc(-c4c(O)cccc4F)c(Cl)c3OC[C@H]2C1. The van der Waals surface area contributed by atoms with Crippen LogP contribution >= 0.6 is 11.6 Å². The van der Waals surface area contributed by atoms with E-state index in [0.717, 1.165) is 0 Å². The standard InChI is InChI=1S/C27H30ClFN4O6/c1-4-19(35)31-8-9-33-16(12-31)13-38-24-21(26(33)36)25(32-10-11-39-27(2,14-32)15-37-3)30-23(22(24)28)20-17(29)6-5-7-18(20)34/h4-7,16,34H,1,8-15H2,2-3H3/t16-,27-/m1/s1. The molecule has 0 spiro atoms. The Balaban J connectivity index is 1.66. The minimum atomic E-state index is -0.725. The number of benzene rings is 1. The molecule has 1 aromatic heterocycles. The molecule has 2 amide bonds. The Morgan fingerprint density at radius 3 is 2.87 bits per heavy atom. The largest absolute Gasteiger partial charge is 0.507 e. The molecule has 5 rings (SSSR count). The summed E-state index contributed by atoms with van der Waals surface area (Å²) in [6.07, 6.45) is 1.24. The number of morpholine rings is 1. The highest BCUT2D eigenvalue weighted by atomic mass is 35.5. The fourth-order valence-corrected chi connectivity index (χ4v) is 5.71. The van der Waals surface area contributed by atoms with Crippen LogP contribution in [0.1, 0.15) is 17.3 Å². The number of anilines is 1. The minimum Gasteiger partial charge on any atom is -0.507 e. The summed E-state index contributed by atoms with van der Waals surface area (Å²) in [5, 5.41) is 10.5. The summed E-state index contributed by atoms with van der Waals surface area (Å²) < 4.78 is 32.5. The van der Waals surface area contributed by atoms with E-state index in [-0.39, 0.29) is 70.7 Å². The van der Waals surface area contributed by atoms with E-state index < -0.39 is 17.5 Å². The predicted octanol–water partition coefficient (Wildman–Crippen LogP) is 2.72. The number of hydrogen-bond donors (Lipinski definition) is 1. The Morgan fingerprint density at radius 2 is 2.15 bits per heavy atom. The van der Waals surface area contributed by atoms with Crippen molar-refractivity contribution in [3.8, 4) is 22.8 Å². The number of carbonyl (C=O) groups is 2. The van der Waals surface area contributed by atoms with E-state index in [4.69, 9.17) is 30.8 Å². The third-order valence-corrected chi connectivity index (χ3v) is 7.60. The number of aromatic hydroxyl groups is 1. The molecule has 2 fully saturated rings. The Labute approximate surface area is 230 Å². The van der Waals surface area contributed by atoms with E-state index in [0.29, 0.717) is 32.8 Å². The van der Waals surface area contributed by atoms with Crippen molar-refractivity contribution in [3.05, 3.63) is 47.3 Å². The van der Waals surface area contributed by atoms with E-state index in [1.165, 1.54) is 24.3 Å². The number of phenolic OH excluding ortho intramolecular Hbond substituents is 1. The third-order valence-electron chi connectivity index (χ3n) is 7.25. The van der Waals surface area contributed by atoms with Gasteiger partial charge in [-0.2, -0.15) is 0 Å². The fourth-order valence-electron chi connectivity index (χ4n) is 5.42. The first-order valence-electron chi connectivity index (χ1n) is 12.6. The summed E-state index contributed by atoms with van der Waals surface area (Å²) in [6.45, 7) is 7.72. The van der Waals surface area contributed by atoms with E-state index in [1.54, 1.807) is 16.9 Å². The van der Waals surface area contributed by atoms with Gasteiger partial charge in [0, 0.05) is 33.3 Å². The summed E-state index contributed by atoms with van der Waals surface area (Å²) in [6, 6.07) is 3.46. The highest BCUT2D eigenvalue weighted by Gasteiger charge is 2.42. The lowest BCUT2D eigenvalue weighted by atomic mass is 10.0. The summed E-state index contributed by atoms with van der Waals surface area (Å²) in [4.78, 5) is 36.2. The van der Waals surface area contributed by atoms with Gasteiger partial charge in [-0.05, 0) is 25.1 Å². The Kier molecular flexibility index (Phi) is 7.41. The van der Waals surface area contributed by atoms with Crippen molar-refractivity contribution in [1.29, 1.82) is 0 Å². The van der Waals surface area contributed by atoms with E-state index in [9.17, 15) is 14.7 Å². The van der Waals surface area contributed by atoms with Crippen LogP contribution in [0.2, 0.25) is 5.02 Å². The Morgan fingerprint density at radius 1 is 1.36 bits per heavy atom. The smallest absolute Gasteiger partial charge is 0.261 e. The highest BCUT2D eigenvalue weighted by Crippen LogP contribution is 2.46. The molecule has 12 heteroatoms. The molecule has 3 aliphatic heterocycles. The first-order chi connectivity index (χ1) is 18.7. The van der Waals surface area contributed by atoms with Crippen LogP contribution in [0, 0.1) is 5.82 Å². The average Bonchev–Trinajstić information content (AvgIpc) is 3.06. The number of aromatic nitrogens is 1. The molecule has 4 heterocycles. The molecule has 10 nitrogen and oxygen atoms in total. The number of piperazine rings is 1. The van der Waals surface area contributed by atoms with Gasteiger partial charge in [0.2, 0.25) is 5.91 Å². The van der Waals surface area contributed by atoms with Crippen molar-refractivity contribution < 1.29 is 33.3 Å². The normalized spacial score (nSPS) is 23.0. The highest BCUT2D eigenvalue weighted by molar-refractivity contribution is 6.35. The van der Waals surface area contributed by atoms with Gasteiger partial charge in [-0.15, -0.1) is 0 Å². The molecule has 2 saturated heterocycles. The second-order valence-electron chi connectivity index (χ2n) is 10.0. The van der Waals surface area contributed by atoms with Gasteiger partial charge in [-0.1, -0.05) is 24.2 Å². The molecule has 0 saturated carbocycles. The van der Waals surface area contributed by atoms with E-state index >= 15 is 4.39 Å². The molecule has 2 atom stereocenters. The van der Waals surface area contributed by atoms with Gasteiger partial charge < -0.3 is 34.0 Å². The van der Waals surface area contributed by atoms with Gasteiger partial charge in [0.1, 0.15) is 45.9 Å². The lowest BCUT2D eigenvalue weighted by Crippen LogP contribution is -2.57. The third kappa shape index (κ3) is 4.90. The summed E-state index contributed by atoms with van der Waals surface area (Å²) in [7, 11) is 1.58. The number of fused-ring (bicyclic) bond motifs is 2. The molecule has 3 aliphatic rings. The predicted molar refractivity (Wildman–Crippen MR) is 142 cm³/mol. The van der Waals surface area contributed by atoms with Gasteiger partial charge in [0.25, 0.3) is 5.91 Å². The number of phenols is 1.